The molecule has 1 aliphatic rings. The lowest BCUT2D eigenvalue weighted by molar-refractivity contribution is -0.885. The van der Waals surface area contributed by atoms with Crippen molar-refractivity contribution in [3.63, 3.8) is 0 Å². The van der Waals surface area contributed by atoms with E-state index in [1.54, 1.807) is 25.2 Å². The molecule has 0 aliphatic carbocycles. The van der Waals surface area contributed by atoms with Gasteiger partial charge in [-0.15, -0.1) is 0 Å². The van der Waals surface area contributed by atoms with Gasteiger partial charge in [0.2, 0.25) is 10.0 Å². The van der Waals surface area contributed by atoms with E-state index in [0.29, 0.717) is 0 Å². The Kier molecular flexibility index (Phi) is 4.43. The lowest BCUT2D eigenvalue weighted by atomic mass is 10.1. The van der Waals surface area contributed by atoms with Gasteiger partial charge < -0.3 is 4.90 Å². The number of hydrogen-bond donors (Lipinski definition) is 1. The molecule has 1 saturated heterocycles. The number of hydrogen-bond acceptors (Lipinski definition) is 3. The van der Waals surface area contributed by atoms with Gasteiger partial charge in [-0.2, -0.15) is 9.57 Å². The molecule has 1 fully saturated rings. The number of nitriles is 1. The van der Waals surface area contributed by atoms with Crippen LogP contribution in [0.3, 0.4) is 0 Å². The Bertz CT molecular complexity index is 614. The molecule has 5 nitrogen and oxygen atoms in total. The highest BCUT2D eigenvalue weighted by Gasteiger charge is 2.32. The summed E-state index contributed by atoms with van der Waals surface area (Å²) in [6.07, 6.45) is 1.71. The highest BCUT2D eigenvalue weighted by Crippen LogP contribution is 2.22. The molecule has 0 bridgehead atoms. The maximum Gasteiger partial charge on any atom is 0.244 e. The van der Waals surface area contributed by atoms with Gasteiger partial charge in [0.25, 0.3) is 0 Å². The number of nitrogens with one attached hydrogen (secondary N) is 1. The van der Waals surface area contributed by atoms with Crippen LogP contribution in [0.1, 0.15) is 18.4 Å². The molecule has 1 aromatic carbocycles. The molecular formula is C14H20N3O2S+. The van der Waals surface area contributed by atoms with Gasteiger partial charge in [-0.25, -0.2) is 8.42 Å². The second-order valence-corrected chi connectivity index (χ2v) is 7.28. The SMILES string of the molecule is CN(C1CC[NH+](C)CC1)S(=O)(=O)c1ccccc1C#N. The third kappa shape index (κ3) is 2.85. The zero-order chi connectivity index (χ0) is 14.8. The van der Waals surface area contributed by atoms with Crippen molar-refractivity contribution < 1.29 is 13.3 Å². The van der Waals surface area contributed by atoms with Crippen LogP contribution in [0.5, 0.6) is 0 Å². The minimum atomic E-state index is -3.60. The summed E-state index contributed by atoms with van der Waals surface area (Å²) in [5.74, 6) is 0. The number of benzene rings is 1. The van der Waals surface area contributed by atoms with Crippen LogP contribution >= 0.6 is 0 Å². The quantitative estimate of drug-likeness (QED) is 0.843. The summed E-state index contributed by atoms with van der Waals surface area (Å²) in [7, 11) is 0.143. The van der Waals surface area contributed by atoms with Gasteiger partial charge in [-0.05, 0) is 12.1 Å². The van der Waals surface area contributed by atoms with Gasteiger partial charge in [-0.1, -0.05) is 12.1 Å². The van der Waals surface area contributed by atoms with Crippen LogP contribution in [0.2, 0.25) is 0 Å². The summed E-state index contributed by atoms with van der Waals surface area (Å²) in [5.41, 5.74) is 0.206. The van der Waals surface area contributed by atoms with Crippen molar-refractivity contribution in [1.29, 1.82) is 5.26 Å². The molecular weight excluding hydrogens is 274 g/mol. The molecule has 108 valence electrons. The molecule has 1 aromatic rings. The number of nitrogens with zero attached hydrogens (tertiary/aromatic N) is 2. The molecule has 0 saturated carbocycles. The number of rotatable bonds is 3. The van der Waals surface area contributed by atoms with Crippen LogP contribution in [0.15, 0.2) is 29.2 Å². The largest absolute Gasteiger partial charge is 0.337 e. The highest BCUT2D eigenvalue weighted by molar-refractivity contribution is 7.89. The van der Waals surface area contributed by atoms with Gasteiger partial charge in [0, 0.05) is 25.9 Å². The molecule has 1 N–H and O–H groups in total. The normalized spacial score (nSPS) is 23.5. The van der Waals surface area contributed by atoms with Gasteiger partial charge in [-0.3, -0.25) is 0 Å². The van der Waals surface area contributed by atoms with Crippen molar-refractivity contribution in [1.82, 2.24) is 4.31 Å². The van der Waals surface area contributed by atoms with Crippen molar-refractivity contribution in [2.75, 3.05) is 27.2 Å². The maximum absolute atomic E-state index is 12.7. The maximum atomic E-state index is 12.7. The molecule has 0 radical (unpaired) electrons. The zero-order valence-corrected chi connectivity index (χ0v) is 12.7. The van der Waals surface area contributed by atoms with Crippen molar-refractivity contribution in [3.8, 4) is 6.07 Å². The van der Waals surface area contributed by atoms with E-state index >= 15 is 0 Å². The van der Waals surface area contributed by atoms with E-state index in [0.717, 1.165) is 25.9 Å². The second-order valence-electron chi connectivity index (χ2n) is 5.32. The molecule has 0 amide bonds. The first kappa shape index (κ1) is 15.0. The predicted molar refractivity (Wildman–Crippen MR) is 75.7 cm³/mol. The molecule has 1 aliphatic heterocycles. The molecule has 6 heteroatoms. The molecule has 0 unspecified atom stereocenters. The molecule has 1 heterocycles. The first-order valence-corrected chi connectivity index (χ1v) is 8.19. The summed E-state index contributed by atoms with van der Waals surface area (Å²) in [4.78, 5) is 1.54. The topological polar surface area (TPSA) is 65.6 Å². The van der Waals surface area contributed by atoms with E-state index in [4.69, 9.17) is 5.26 Å². The standard InChI is InChI=1S/C14H19N3O2S/c1-16-9-7-13(8-10-16)17(2)20(18,19)14-6-4-3-5-12(14)11-15/h3-6,13H,7-10H2,1-2H3/p+1. The summed E-state index contributed by atoms with van der Waals surface area (Å²) < 4.78 is 26.8. The summed E-state index contributed by atoms with van der Waals surface area (Å²) >= 11 is 0. The Morgan fingerprint density at radius 1 is 1.30 bits per heavy atom. The Morgan fingerprint density at radius 3 is 2.50 bits per heavy atom. The van der Waals surface area contributed by atoms with E-state index in [1.165, 1.54) is 15.3 Å². The Hall–Kier alpha value is -1.42. The fourth-order valence-electron chi connectivity index (χ4n) is 2.59. The highest BCUT2D eigenvalue weighted by atomic mass is 32.2. The van der Waals surface area contributed by atoms with E-state index in [2.05, 4.69) is 7.05 Å². The first-order valence-electron chi connectivity index (χ1n) is 6.75. The van der Waals surface area contributed by atoms with E-state index in [-0.39, 0.29) is 16.5 Å². The fourth-order valence-corrected chi connectivity index (χ4v) is 4.15. The van der Waals surface area contributed by atoms with Crippen LogP contribution in [-0.4, -0.2) is 45.9 Å². The van der Waals surface area contributed by atoms with Crippen LogP contribution in [-0.2, 0) is 10.0 Å². The van der Waals surface area contributed by atoms with E-state index in [9.17, 15) is 8.42 Å². The minimum Gasteiger partial charge on any atom is -0.337 e. The number of piperidine rings is 1. The third-order valence-corrected chi connectivity index (χ3v) is 5.96. The monoisotopic (exact) mass is 294 g/mol. The van der Waals surface area contributed by atoms with Gasteiger partial charge >= 0.3 is 0 Å². The summed E-state index contributed by atoms with van der Waals surface area (Å²) in [5, 5.41) is 9.07. The van der Waals surface area contributed by atoms with Crippen LogP contribution in [0.4, 0.5) is 0 Å². The van der Waals surface area contributed by atoms with Crippen molar-refractivity contribution in [3.05, 3.63) is 29.8 Å². The lowest BCUT2D eigenvalue weighted by Crippen LogP contribution is -3.10. The van der Waals surface area contributed by atoms with Gasteiger partial charge in [0.15, 0.2) is 0 Å². The van der Waals surface area contributed by atoms with E-state index < -0.39 is 10.0 Å². The Balaban J connectivity index is 2.28. The molecule has 0 aromatic heterocycles. The Morgan fingerprint density at radius 2 is 1.90 bits per heavy atom. The fraction of sp³-hybridized carbons (Fsp3) is 0.500. The Labute approximate surface area is 120 Å². The average molecular weight is 294 g/mol. The smallest absolute Gasteiger partial charge is 0.244 e. The van der Waals surface area contributed by atoms with Crippen molar-refractivity contribution >= 4 is 10.0 Å². The summed E-state index contributed by atoms with van der Waals surface area (Å²) in [6, 6.07) is 8.36. The number of sulfonamides is 1. The van der Waals surface area contributed by atoms with E-state index in [1.807, 2.05) is 6.07 Å². The predicted octanol–water partition coefficient (Wildman–Crippen LogP) is -0.144. The molecule has 0 atom stereocenters. The van der Waals surface area contributed by atoms with Crippen LogP contribution < -0.4 is 4.90 Å². The number of likely N-dealkylation sites (tertiary alicyclic amines) is 1. The molecule has 0 spiro atoms. The van der Waals surface area contributed by atoms with Gasteiger partial charge in [0.05, 0.1) is 30.6 Å². The molecule has 2 rings (SSSR count). The second kappa shape index (κ2) is 5.92. The van der Waals surface area contributed by atoms with Crippen molar-refractivity contribution in [2.45, 2.75) is 23.8 Å². The average Bonchev–Trinajstić information content (AvgIpc) is 2.47. The third-order valence-electron chi connectivity index (χ3n) is 3.99. The minimum absolute atomic E-state index is 0.0236. The summed E-state index contributed by atoms with van der Waals surface area (Å²) in [6.45, 7) is 1.95. The van der Waals surface area contributed by atoms with Crippen molar-refractivity contribution in [2.24, 2.45) is 0 Å². The van der Waals surface area contributed by atoms with Gasteiger partial charge in [0.1, 0.15) is 6.07 Å². The van der Waals surface area contributed by atoms with Crippen LogP contribution in [0.25, 0.3) is 0 Å². The lowest BCUT2D eigenvalue weighted by Gasteiger charge is -2.32. The molecule has 20 heavy (non-hydrogen) atoms. The van der Waals surface area contributed by atoms with Crippen LogP contribution in [0, 0.1) is 11.3 Å². The first-order chi connectivity index (χ1) is 9.46. The number of quaternary nitrogens is 1. The zero-order valence-electron chi connectivity index (χ0n) is 11.8.